The monoisotopic (exact) mass is 376 g/mol. The molecule has 0 saturated carbocycles. The molecule has 1 heterocycles. The number of esters is 1. The van der Waals surface area contributed by atoms with E-state index >= 15 is 0 Å². The lowest BCUT2D eigenvalue weighted by Gasteiger charge is -2.18. The number of pyridine rings is 1. The van der Waals surface area contributed by atoms with Crippen LogP contribution in [0.1, 0.15) is 22.8 Å². The SMILES string of the molecule is CCOc1ncccc1C(=O)OCC(=O)N(C)Cc1ccc(OC)c(F)c1. The second-order valence-corrected chi connectivity index (χ2v) is 5.58. The smallest absolute Gasteiger partial charge is 0.344 e. The fourth-order valence-electron chi connectivity index (χ4n) is 2.28. The number of hydrogen-bond acceptors (Lipinski definition) is 6. The van der Waals surface area contributed by atoms with Gasteiger partial charge in [0.1, 0.15) is 5.56 Å². The number of nitrogens with zero attached hydrogens (tertiary/aromatic N) is 2. The Labute approximate surface area is 156 Å². The van der Waals surface area contributed by atoms with Gasteiger partial charge in [-0.2, -0.15) is 0 Å². The van der Waals surface area contributed by atoms with Gasteiger partial charge in [0.05, 0.1) is 13.7 Å². The van der Waals surface area contributed by atoms with Crippen LogP contribution >= 0.6 is 0 Å². The number of rotatable bonds is 8. The normalized spacial score (nSPS) is 10.2. The number of benzene rings is 1. The second-order valence-electron chi connectivity index (χ2n) is 5.58. The van der Waals surface area contributed by atoms with Gasteiger partial charge in [-0.3, -0.25) is 4.79 Å². The molecular weight excluding hydrogens is 355 g/mol. The largest absolute Gasteiger partial charge is 0.494 e. The first-order chi connectivity index (χ1) is 13.0. The van der Waals surface area contributed by atoms with E-state index in [0.717, 1.165) is 0 Å². The summed E-state index contributed by atoms with van der Waals surface area (Å²) in [6.45, 7) is 1.82. The summed E-state index contributed by atoms with van der Waals surface area (Å²) in [5.74, 6) is -1.37. The molecule has 0 atom stereocenters. The lowest BCUT2D eigenvalue weighted by atomic mass is 10.2. The van der Waals surface area contributed by atoms with Crippen LogP contribution in [-0.2, 0) is 16.1 Å². The maximum atomic E-state index is 13.7. The van der Waals surface area contributed by atoms with Crippen LogP contribution < -0.4 is 9.47 Å². The molecule has 2 aromatic rings. The highest BCUT2D eigenvalue weighted by Gasteiger charge is 2.18. The van der Waals surface area contributed by atoms with Gasteiger partial charge in [-0.15, -0.1) is 0 Å². The number of hydrogen-bond donors (Lipinski definition) is 0. The Hall–Kier alpha value is -3.16. The van der Waals surface area contributed by atoms with Crippen molar-refractivity contribution in [2.45, 2.75) is 13.5 Å². The van der Waals surface area contributed by atoms with E-state index in [1.165, 1.54) is 43.5 Å². The van der Waals surface area contributed by atoms with Gasteiger partial charge in [0, 0.05) is 19.8 Å². The zero-order valence-electron chi connectivity index (χ0n) is 15.4. The van der Waals surface area contributed by atoms with Gasteiger partial charge in [-0.05, 0) is 36.8 Å². The molecule has 144 valence electrons. The van der Waals surface area contributed by atoms with Crippen LogP contribution in [0.5, 0.6) is 11.6 Å². The Morgan fingerprint density at radius 1 is 1.26 bits per heavy atom. The molecule has 0 radical (unpaired) electrons. The summed E-state index contributed by atoms with van der Waals surface area (Å²) in [5, 5.41) is 0. The van der Waals surface area contributed by atoms with Crippen LogP contribution in [0.25, 0.3) is 0 Å². The Morgan fingerprint density at radius 2 is 2.04 bits per heavy atom. The molecule has 0 saturated heterocycles. The number of methoxy groups -OCH3 is 1. The van der Waals surface area contributed by atoms with Gasteiger partial charge in [0.2, 0.25) is 5.88 Å². The molecule has 0 N–H and O–H groups in total. The molecule has 0 aliphatic rings. The van der Waals surface area contributed by atoms with E-state index in [9.17, 15) is 14.0 Å². The van der Waals surface area contributed by atoms with Gasteiger partial charge in [-0.1, -0.05) is 6.07 Å². The highest BCUT2D eigenvalue weighted by atomic mass is 19.1. The molecule has 27 heavy (non-hydrogen) atoms. The number of carbonyl (C=O) groups is 2. The van der Waals surface area contributed by atoms with E-state index in [1.807, 2.05) is 0 Å². The van der Waals surface area contributed by atoms with Crippen molar-refractivity contribution >= 4 is 11.9 Å². The minimum absolute atomic E-state index is 0.128. The van der Waals surface area contributed by atoms with Crippen molar-refractivity contribution < 1.29 is 28.2 Å². The summed E-state index contributed by atoms with van der Waals surface area (Å²) in [4.78, 5) is 29.6. The summed E-state index contributed by atoms with van der Waals surface area (Å²) in [6, 6.07) is 7.51. The second kappa shape index (κ2) is 9.51. The van der Waals surface area contributed by atoms with Crippen LogP contribution in [-0.4, -0.2) is 49.1 Å². The van der Waals surface area contributed by atoms with Crippen LogP contribution in [0.4, 0.5) is 4.39 Å². The van der Waals surface area contributed by atoms with Crippen LogP contribution in [0.15, 0.2) is 36.5 Å². The number of halogens is 1. The summed E-state index contributed by atoms with van der Waals surface area (Å²) < 4.78 is 28.9. The molecule has 0 aliphatic heterocycles. The first-order valence-corrected chi connectivity index (χ1v) is 8.27. The highest BCUT2D eigenvalue weighted by molar-refractivity contribution is 5.93. The molecule has 0 bridgehead atoms. The predicted molar refractivity (Wildman–Crippen MR) is 95.1 cm³/mol. The third-order valence-electron chi connectivity index (χ3n) is 3.66. The topological polar surface area (TPSA) is 78.0 Å². The first-order valence-electron chi connectivity index (χ1n) is 8.27. The minimum Gasteiger partial charge on any atom is -0.494 e. The van der Waals surface area contributed by atoms with Gasteiger partial charge in [0.25, 0.3) is 5.91 Å². The average Bonchev–Trinajstić information content (AvgIpc) is 2.66. The average molecular weight is 376 g/mol. The number of likely N-dealkylation sites (N-methyl/N-ethyl adjacent to an activating group) is 1. The molecule has 2 rings (SSSR count). The van der Waals surface area contributed by atoms with Crippen molar-refractivity contribution in [3.8, 4) is 11.6 Å². The van der Waals surface area contributed by atoms with E-state index < -0.39 is 24.3 Å². The van der Waals surface area contributed by atoms with E-state index in [0.29, 0.717) is 12.2 Å². The highest BCUT2D eigenvalue weighted by Crippen LogP contribution is 2.19. The van der Waals surface area contributed by atoms with Crippen molar-refractivity contribution in [2.24, 2.45) is 0 Å². The maximum Gasteiger partial charge on any atom is 0.344 e. The third kappa shape index (κ3) is 5.40. The van der Waals surface area contributed by atoms with Crippen molar-refractivity contribution in [1.82, 2.24) is 9.88 Å². The molecule has 8 heteroatoms. The number of carbonyl (C=O) groups excluding carboxylic acids is 2. The Kier molecular flexibility index (Phi) is 7.10. The number of ether oxygens (including phenoxy) is 3. The van der Waals surface area contributed by atoms with Gasteiger partial charge in [-0.25, -0.2) is 14.2 Å². The third-order valence-corrected chi connectivity index (χ3v) is 3.66. The van der Waals surface area contributed by atoms with Crippen molar-refractivity contribution in [1.29, 1.82) is 0 Å². The molecule has 7 nitrogen and oxygen atoms in total. The standard InChI is InChI=1S/C19H21FN2O5/c1-4-26-18-14(6-5-9-21-18)19(24)27-12-17(23)22(2)11-13-7-8-16(25-3)15(20)10-13/h5-10H,4,11-12H2,1-3H3. The molecule has 1 aromatic heterocycles. The Balaban J connectivity index is 1.93. The summed E-state index contributed by atoms with van der Waals surface area (Å²) in [7, 11) is 2.91. The van der Waals surface area contributed by atoms with Gasteiger partial charge >= 0.3 is 5.97 Å². The fourth-order valence-corrected chi connectivity index (χ4v) is 2.28. The van der Waals surface area contributed by atoms with E-state index in [-0.39, 0.29) is 23.7 Å². The lowest BCUT2D eigenvalue weighted by molar-refractivity contribution is -0.133. The van der Waals surface area contributed by atoms with Crippen LogP contribution in [0.3, 0.4) is 0 Å². The predicted octanol–water partition coefficient (Wildman–Crippen LogP) is 2.44. The van der Waals surface area contributed by atoms with Crippen LogP contribution in [0.2, 0.25) is 0 Å². The summed E-state index contributed by atoms with van der Waals surface area (Å²) >= 11 is 0. The van der Waals surface area contributed by atoms with E-state index in [4.69, 9.17) is 14.2 Å². The van der Waals surface area contributed by atoms with E-state index in [2.05, 4.69) is 4.98 Å². The first kappa shape index (κ1) is 20.2. The number of amides is 1. The zero-order chi connectivity index (χ0) is 19.8. The molecule has 0 fully saturated rings. The number of aromatic nitrogens is 1. The zero-order valence-corrected chi connectivity index (χ0v) is 15.4. The van der Waals surface area contributed by atoms with Gasteiger partial charge < -0.3 is 19.1 Å². The molecular formula is C19H21FN2O5. The Morgan fingerprint density at radius 3 is 2.70 bits per heavy atom. The van der Waals surface area contributed by atoms with Crippen molar-refractivity contribution in [3.05, 3.63) is 53.5 Å². The maximum absolute atomic E-state index is 13.7. The summed E-state index contributed by atoms with van der Waals surface area (Å²) in [5.41, 5.74) is 0.730. The van der Waals surface area contributed by atoms with Crippen LogP contribution in [0, 0.1) is 5.82 Å². The van der Waals surface area contributed by atoms with Gasteiger partial charge in [0.15, 0.2) is 18.2 Å². The Bertz CT molecular complexity index is 812. The van der Waals surface area contributed by atoms with Crippen molar-refractivity contribution in [3.63, 3.8) is 0 Å². The fraction of sp³-hybridized carbons (Fsp3) is 0.316. The quantitative estimate of drug-likeness (QED) is 0.659. The van der Waals surface area contributed by atoms with Crippen molar-refractivity contribution in [2.75, 3.05) is 27.4 Å². The molecule has 0 unspecified atom stereocenters. The molecule has 0 aliphatic carbocycles. The molecule has 0 spiro atoms. The van der Waals surface area contributed by atoms with E-state index in [1.54, 1.807) is 19.1 Å². The molecule has 1 amide bonds. The minimum atomic E-state index is -0.705. The molecule has 1 aromatic carbocycles. The lowest BCUT2D eigenvalue weighted by Crippen LogP contribution is -2.31. The summed E-state index contributed by atoms with van der Waals surface area (Å²) in [6.07, 6.45) is 1.49.